The molecule has 0 saturated carbocycles. The highest BCUT2D eigenvalue weighted by atomic mass is 35.5. The van der Waals surface area contributed by atoms with Crippen molar-refractivity contribution in [3.8, 4) is 28.6 Å². The number of fused-ring (bicyclic) bond motifs is 1. The molecular formula is C18H12ClF3N4O2. The van der Waals surface area contributed by atoms with Crippen molar-refractivity contribution in [2.75, 3.05) is 0 Å². The van der Waals surface area contributed by atoms with E-state index in [0.29, 0.717) is 17.0 Å². The highest BCUT2D eigenvalue weighted by Gasteiger charge is 2.38. The first-order valence-corrected chi connectivity index (χ1v) is 8.50. The van der Waals surface area contributed by atoms with Crippen molar-refractivity contribution >= 4 is 22.6 Å². The Hall–Kier alpha value is -3.07. The Morgan fingerprint density at radius 1 is 1.21 bits per heavy atom. The van der Waals surface area contributed by atoms with E-state index in [9.17, 15) is 13.2 Å². The smallest absolute Gasteiger partial charge is 0.425 e. The van der Waals surface area contributed by atoms with E-state index in [4.69, 9.17) is 20.9 Å². The third kappa shape index (κ3) is 3.40. The van der Waals surface area contributed by atoms with Gasteiger partial charge in [-0.3, -0.25) is 0 Å². The lowest BCUT2D eigenvalue weighted by Gasteiger charge is -2.18. The summed E-state index contributed by atoms with van der Waals surface area (Å²) in [6.07, 6.45) is -3.10. The van der Waals surface area contributed by atoms with Crippen molar-refractivity contribution in [3.63, 3.8) is 0 Å². The second kappa shape index (κ2) is 6.83. The van der Waals surface area contributed by atoms with Crippen LogP contribution in [0.25, 0.3) is 33.9 Å². The van der Waals surface area contributed by atoms with Gasteiger partial charge >= 0.3 is 6.18 Å². The lowest BCUT2D eigenvalue weighted by Crippen LogP contribution is -2.31. The first-order chi connectivity index (χ1) is 13.3. The Balaban J connectivity index is 1.62. The number of halogens is 4. The van der Waals surface area contributed by atoms with Crippen molar-refractivity contribution in [3.05, 3.63) is 47.7 Å². The summed E-state index contributed by atoms with van der Waals surface area (Å²) in [7, 11) is 0. The fraction of sp³-hybridized carbons (Fsp3) is 0.167. The predicted molar refractivity (Wildman–Crippen MR) is 96.0 cm³/mol. The van der Waals surface area contributed by atoms with Crippen LogP contribution in [0.3, 0.4) is 0 Å². The second-order valence-electron chi connectivity index (χ2n) is 5.97. The van der Waals surface area contributed by atoms with Crippen molar-refractivity contribution in [1.82, 2.24) is 20.1 Å². The van der Waals surface area contributed by atoms with Gasteiger partial charge in [0.15, 0.2) is 6.10 Å². The van der Waals surface area contributed by atoms with Crippen LogP contribution >= 0.6 is 11.6 Å². The lowest BCUT2D eigenvalue weighted by molar-refractivity contribution is -0.189. The molecule has 0 fully saturated rings. The molecule has 0 spiro atoms. The van der Waals surface area contributed by atoms with Gasteiger partial charge in [-0.25, -0.2) is 4.98 Å². The van der Waals surface area contributed by atoms with Gasteiger partial charge in [-0.15, -0.1) is 0 Å². The number of ether oxygens (including phenoxy) is 1. The van der Waals surface area contributed by atoms with E-state index >= 15 is 0 Å². The lowest BCUT2D eigenvalue weighted by atomic mass is 10.2. The van der Waals surface area contributed by atoms with Gasteiger partial charge in [-0.2, -0.15) is 18.2 Å². The second-order valence-corrected chi connectivity index (χ2v) is 6.38. The summed E-state index contributed by atoms with van der Waals surface area (Å²) in [5, 5.41) is 4.81. The summed E-state index contributed by atoms with van der Waals surface area (Å²) >= 11 is 6.07. The molecule has 0 amide bonds. The molecule has 1 aromatic carbocycles. The molecule has 0 bridgehead atoms. The molecule has 144 valence electrons. The number of benzene rings is 1. The molecule has 1 N–H and O–H groups in total. The maximum Gasteiger partial charge on any atom is 0.425 e. The molecule has 0 aliphatic rings. The van der Waals surface area contributed by atoms with E-state index in [2.05, 4.69) is 20.1 Å². The average molecular weight is 409 g/mol. The van der Waals surface area contributed by atoms with Gasteiger partial charge in [0.05, 0.1) is 5.02 Å². The van der Waals surface area contributed by atoms with Crippen LogP contribution in [-0.2, 0) is 0 Å². The summed E-state index contributed by atoms with van der Waals surface area (Å²) < 4.78 is 48.1. The summed E-state index contributed by atoms with van der Waals surface area (Å²) in [6.45, 7) is 0.908. The number of H-pyrrole nitrogens is 1. The van der Waals surface area contributed by atoms with E-state index in [1.165, 1.54) is 18.2 Å². The van der Waals surface area contributed by atoms with E-state index in [1.807, 2.05) is 6.07 Å². The highest BCUT2D eigenvalue weighted by Crippen LogP contribution is 2.34. The molecule has 1 atom stereocenters. The quantitative estimate of drug-likeness (QED) is 0.498. The summed E-state index contributed by atoms with van der Waals surface area (Å²) in [5.41, 5.74) is 1.87. The third-order valence-corrected chi connectivity index (χ3v) is 4.37. The number of hydrogen-bond acceptors (Lipinski definition) is 5. The topological polar surface area (TPSA) is 76.8 Å². The number of rotatable bonds is 4. The van der Waals surface area contributed by atoms with Gasteiger partial charge in [0.2, 0.25) is 5.82 Å². The molecular weight excluding hydrogens is 397 g/mol. The van der Waals surface area contributed by atoms with Gasteiger partial charge < -0.3 is 14.2 Å². The number of nitrogens with one attached hydrogen (secondary N) is 1. The maximum absolute atomic E-state index is 12.7. The van der Waals surface area contributed by atoms with Crippen LogP contribution in [-0.4, -0.2) is 32.4 Å². The Bertz CT molecular complexity index is 1140. The minimum Gasteiger partial charge on any atom is -0.480 e. The van der Waals surface area contributed by atoms with Crippen molar-refractivity contribution in [2.45, 2.75) is 19.2 Å². The van der Waals surface area contributed by atoms with Gasteiger partial charge in [-0.05, 0) is 37.3 Å². The average Bonchev–Trinajstić information content (AvgIpc) is 3.31. The summed E-state index contributed by atoms with van der Waals surface area (Å²) in [4.78, 5) is 11.6. The molecule has 4 rings (SSSR count). The first-order valence-electron chi connectivity index (χ1n) is 8.12. The molecule has 4 aromatic rings. The molecule has 1 unspecified atom stereocenters. The first kappa shape index (κ1) is 18.3. The summed E-state index contributed by atoms with van der Waals surface area (Å²) in [5.74, 6) is 0.440. The molecule has 0 aliphatic carbocycles. The normalized spacial score (nSPS) is 13.0. The van der Waals surface area contributed by atoms with Crippen molar-refractivity contribution in [2.24, 2.45) is 0 Å². The number of hydrogen-bond donors (Lipinski definition) is 1. The van der Waals surface area contributed by atoms with Crippen LogP contribution in [0.2, 0.25) is 5.02 Å². The van der Waals surface area contributed by atoms with Crippen molar-refractivity contribution < 1.29 is 22.4 Å². The minimum absolute atomic E-state index is 0.00489. The number of pyridine rings is 1. The van der Waals surface area contributed by atoms with Gasteiger partial charge in [0.1, 0.15) is 11.4 Å². The van der Waals surface area contributed by atoms with Crippen LogP contribution in [0.5, 0.6) is 5.75 Å². The molecule has 0 saturated heterocycles. The molecule has 0 radical (unpaired) electrons. The molecule has 28 heavy (non-hydrogen) atoms. The zero-order valence-electron chi connectivity index (χ0n) is 14.3. The van der Waals surface area contributed by atoms with Crippen LogP contribution in [0, 0.1) is 0 Å². The minimum atomic E-state index is -4.49. The standard InChI is InChI=1S/C18H12ClF3N4O2/c1-9(18(20,21)22)27-14-3-2-10(8-13(14)19)17-25-16(26-28-17)12-5-7-24-15-11(12)4-6-23-15/h2-9H,1H3,(H,23,24). The van der Waals surface area contributed by atoms with Gasteiger partial charge in [0.25, 0.3) is 5.89 Å². The molecule has 10 heteroatoms. The zero-order valence-corrected chi connectivity index (χ0v) is 15.0. The third-order valence-electron chi connectivity index (χ3n) is 4.07. The van der Waals surface area contributed by atoms with Crippen molar-refractivity contribution in [1.29, 1.82) is 0 Å². The molecule has 6 nitrogen and oxygen atoms in total. The largest absolute Gasteiger partial charge is 0.480 e. The van der Waals surface area contributed by atoms with E-state index in [1.54, 1.807) is 18.5 Å². The predicted octanol–water partition coefficient (Wildman–Crippen LogP) is 5.26. The van der Waals surface area contributed by atoms with Crippen LogP contribution in [0.15, 0.2) is 47.2 Å². The van der Waals surface area contributed by atoms with Crippen LogP contribution in [0.1, 0.15) is 6.92 Å². The van der Waals surface area contributed by atoms with E-state index in [-0.39, 0.29) is 16.7 Å². The number of alkyl halides is 3. The molecule has 3 aromatic heterocycles. The maximum atomic E-state index is 12.7. The number of nitrogens with zero attached hydrogens (tertiary/aromatic N) is 3. The highest BCUT2D eigenvalue weighted by molar-refractivity contribution is 6.32. The Morgan fingerprint density at radius 2 is 2.04 bits per heavy atom. The van der Waals surface area contributed by atoms with Gasteiger partial charge in [-0.1, -0.05) is 16.8 Å². The molecule has 3 heterocycles. The van der Waals surface area contributed by atoms with E-state index < -0.39 is 12.3 Å². The monoisotopic (exact) mass is 408 g/mol. The van der Waals surface area contributed by atoms with Gasteiger partial charge in [0, 0.05) is 28.9 Å². The van der Waals surface area contributed by atoms with Crippen LogP contribution in [0.4, 0.5) is 13.2 Å². The van der Waals surface area contributed by atoms with Crippen LogP contribution < -0.4 is 4.74 Å². The Labute approximate surface area is 161 Å². The summed E-state index contributed by atoms with van der Waals surface area (Å²) in [6, 6.07) is 7.85. The SMILES string of the molecule is CC(Oc1ccc(-c2nc(-c3ccnc4[nH]ccc34)no2)cc1Cl)C(F)(F)F. The number of aromatic amines is 1. The Morgan fingerprint density at radius 3 is 2.79 bits per heavy atom. The van der Waals surface area contributed by atoms with E-state index in [0.717, 1.165) is 17.9 Å². The fourth-order valence-electron chi connectivity index (χ4n) is 2.59. The Kier molecular flexibility index (Phi) is 4.46. The fourth-order valence-corrected chi connectivity index (χ4v) is 2.82. The zero-order chi connectivity index (χ0) is 19.9. The number of aromatic nitrogens is 4. The molecule has 0 aliphatic heterocycles.